The lowest BCUT2D eigenvalue weighted by Crippen LogP contribution is -2.29. The van der Waals surface area contributed by atoms with Crippen molar-refractivity contribution in [2.75, 3.05) is 0 Å². The van der Waals surface area contributed by atoms with E-state index in [-0.39, 0.29) is 5.41 Å². The van der Waals surface area contributed by atoms with Crippen molar-refractivity contribution in [3.63, 3.8) is 0 Å². The minimum Gasteiger partial charge on any atom is -0.135 e. The molecule has 0 atom stereocenters. The molecule has 0 bridgehead atoms. The van der Waals surface area contributed by atoms with Crippen molar-refractivity contribution in [2.24, 2.45) is 0 Å². The van der Waals surface area contributed by atoms with Gasteiger partial charge in [-0.25, -0.2) is 0 Å². The minimum atomic E-state index is -0.141. The molecule has 1 heteroatoms. The summed E-state index contributed by atoms with van der Waals surface area (Å²) in [5.41, 5.74) is 12.5. The Labute approximate surface area is 310 Å². The van der Waals surface area contributed by atoms with E-state index in [1.807, 2.05) is 23.5 Å². The molecule has 1 heterocycles. The molecule has 2 aliphatic carbocycles. The highest BCUT2D eigenvalue weighted by molar-refractivity contribution is 7.26. The Morgan fingerprint density at radius 1 is 0.673 bits per heavy atom. The van der Waals surface area contributed by atoms with E-state index in [0.717, 1.165) is 24.0 Å². The summed E-state index contributed by atoms with van der Waals surface area (Å²) >= 11 is 1.92. The van der Waals surface area contributed by atoms with E-state index in [0.29, 0.717) is 0 Å². The van der Waals surface area contributed by atoms with Crippen LogP contribution in [-0.2, 0) is 5.41 Å². The van der Waals surface area contributed by atoms with Crippen molar-refractivity contribution in [3.05, 3.63) is 204 Å². The second-order valence-electron chi connectivity index (χ2n) is 14.4. The maximum absolute atomic E-state index is 4.44. The van der Waals surface area contributed by atoms with Gasteiger partial charge in [-0.05, 0) is 96.5 Å². The van der Waals surface area contributed by atoms with Crippen LogP contribution in [0.15, 0.2) is 177 Å². The SMILES string of the molecule is C=C/C=C\C(=C)C1=c2\cccc\c2=C(c2ccc(-c3cc4c(ccc5c6ccccc6sc45)c4c3C(C)(C)c3ccccc3-4)cc2)\C=C\CC\C=C\1. The van der Waals surface area contributed by atoms with Gasteiger partial charge in [0.05, 0.1) is 0 Å². The van der Waals surface area contributed by atoms with Crippen LogP contribution in [0.2, 0.25) is 0 Å². The molecule has 7 aromatic rings. The van der Waals surface area contributed by atoms with Crippen molar-refractivity contribution in [2.45, 2.75) is 32.1 Å². The zero-order valence-corrected chi connectivity index (χ0v) is 30.6. The van der Waals surface area contributed by atoms with Gasteiger partial charge < -0.3 is 0 Å². The first-order chi connectivity index (χ1) is 25.5. The molecule has 0 aliphatic heterocycles. The number of rotatable bonds is 5. The fraction of sp³-hybridized carbons (Fsp3) is 0.0980. The maximum Gasteiger partial charge on any atom is 0.0434 e. The molecule has 0 saturated carbocycles. The first-order valence-electron chi connectivity index (χ1n) is 18.2. The highest BCUT2D eigenvalue weighted by Gasteiger charge is 2.39. The number of thiophene rings is 1. The molecule has 0 unspecified atom stereocenters. The molecule has 0 amide bonds. The van der Waals surface area contributed by atoms with Gasteiger partial charge in [-0.15, -0.1) is 11.3 Å². The summed E-state index contributed by atoms with van der Waals surface area (Å²) in [5, 5.41) is 7.75. The van der Waals surface area contributed by atoms with Crippen molar-refractivity contribution < 1.29 is 0 Å². The molecule has 0 spiro atoms. The Morgan fingerprint density at radius 3 is 2.19 bits per heavy atom. The smallest absolute Gasteiger partial charge is 0.0434 e. The quantitative estimate of drug-likeness (QED) is 0.158. The molecule has 52 heavy (non-hydrogen) atoms. The number of fused-ring (bicyclic) bond motifs is 10. The van der Waals surface area contributed by atoms with Crippen LogP contribution in [-0.4, -0.2) is 0 Å². The Hall–Kier alpha value is -5.76. The Balaban J connectivity index is 1.29. The van der Waals surface area contributed by atoms with Crippen LogP contribution in [0.5, 0.6) is 0 Å². The third-order valence-corrected chi connectivity index (χ3v) is 12.2. The lowest BCUT2D eigenvalue weighted by molar-refractivity contribution is 0.662. The molecular formula is C51H40S. The molecule has 250 valence electrons. The van der Waals surface area contributed by atoms with Crippen LogP contribution in [0, 0.1) is 0 Å². The predicted octanol–water partition coefficient (Wildman–Crippen LogP) is 12.7. The second-order valence-corrected chi connectivity index (χ2v) is 15.5. The molecule has 0 radical (unpaired) electrons. The third-order valence-electron chi connectivity index (χ3n) is 11.0. The van der Waals surface area contributed by atoms with Gasteiger partial charge in [0.2, 0.25) is 0 Å². The van der Waals surface area contributed by atoms with Crippen LogP contribution in [0.3, 0.4) is 0 Å². The monoisotopic (exact) mass is 684 g/mol. The number of hydrogen-bond acceptors (Lipinski definition) is 1. The van der Waals surface area contributed by atoms with Crippen molar-refractivity contribution in [3.8, 4) is 22.3 Å². The third kappa shape index (κ3) is 5.11. The zero-order valence-electron chi connectivity index (χ0n) is 29.7. The summed E-state index contributed by atoms with van der Waals surface area (Å²) in [4.78, 5) is 0. The lowest BCUT2D eigenvalue weighted by atomic mass is 9.78. The fourth-order valence-electron chi connectivity index (χ4n) is 8.56. The van der Waals surface area contributed by atoms with Gasteiger partial charge in [-0.1, -0.05) is 173 Å². The Bertz CT molecular complexity index is 2830. The van der Waals surface area contributed by atoms with Gasteiger partial charge in [0.15, 0.2) is 0 Å². The van der Waals surface area contributed by atoms with E-state index in [1.165, 1.54) is 85.9 Å². The largest absolute Gasteiger partial charge is 0.135 e. The highest BCUT2D eigenvalue weighted by Crippen LogP contribution is 2.56. The van der Waals surface area contributed by atoms with E-state index in [9.17, 15) is 0 Å². The van der Waals surface area contributed by atoms with Crippen LogP contribution < -0.4 is 10.4 Å². The molecule has 0 fully saturated rings. The summed E-state index contributed by atoms with van der Waals surface area (Å²) in [6.07, 6.45) is 16.9. The van der Waals surface area contributed by atoms with E-state index >= 15 is 0 Å². The topological polar surface area (TPSA) is 0 Å². The van der Waals surface area contributed by atoms with E-state index < -0.39 is 0 Å². The Morgan fingerprint density at radius 2 is 1.37 bits per heavy atom. The number of allylic oxidation sites excluding steroid dienone is 8. The molecule has 0 N–H and O–H groups in total. The molecule has 2 aliphatic rings. The standard InChI is InChI=1S/C51H40S/c1-5-6-17-33(2)36-18-9-7-8-10-19-37(39-21-12-11-20-38(36)39)34-26-28-35(29-27-34)44-32-45-41(30-31-42-40-22-14-16-25-47(40)52-50(42)45)48-43-23-13-15-24-46(43)51(3,4)49(44)48/h5-6,9-32H,1-2,7-8H2,3-4H3/b17-6-,18-9+,19-10+,38-36+,39-37+. The normalized spacial score (nSPS) is 18.3. The number of benzene rings is 6. The molecule has 9 rings (SSSR count). The van der Waals surface area contributed by atoms with Gasteiger partial charge in [0.25, 0.3) is 0 Å². The summed E-state index contributed by atoms with van der Waals surface area (Å²) in [6.45, 7) is 13.1. The summed E-state index contributed by atoms with van der Waals surface area (Å²) < 4.78 is 2.70. The van der Waals surface area contributed by atoms with Crippen molar-refractivity contribution in [1.29, 1.82) is 0 Å². The average molecular weight is 685 g/mol. The van der Waals surface area contributed by atoms with Crippen LogP contribution >= 0.6 is 11.3 Å². The molecule has 0 saturated heterocycles. The summed E-state index contributed by atoms with van der Waals surface area (Å²) in [7, 11) is 0. The highest BCUT2D eigenvalue weighted by atomic mass is 32.1. The lowest BCUT2D eigenvalue weighted by Gasteiger charge is -2.25. The van der Waals surface area contributed by atoms with Gasteiger partial charge >= 0.3 is 0 Å². The predicted molar refractivity (Wildman–Crippen MR) is 227 cm³/mol. The van der Waals surface area contributed by atoms with Gasteiger partial charge in [-0.3, -0.25) is 0 Å². The van der Waals surface area contributed by atoms with Crippen molar-refractivity contribution in [1.82, 2.24) is 0 Å². The van der Waals surface area contributed by atoms with Gasteiger partial charge in [-0.2, -0.15) is 0 Å². The Kier molecular flexibility index (Phi) is 7.91. The minimum absolute atomic E-state index is 0.141. The summed E-state index contributed by atoms with van der Waals surface area (Å²) in [5.74, 6) is 0. The first kappa shape index (κ1) is 32.2. The fourth-order valence-corrected chi connectivity index (χ4v) is 9.78. The van der Waals surface area contributed by atoms with Crippen LogP contribution in [0.1, 0.15) is 43.4 Å². The summed E-state index contributed by atoms with van der Waals surface area (Å²) in [6, 6.07) is 43.2. The molecule has 0 nitrogen and oxygen atoms in total. The van der Waals surface area contributed by atoms with E-state index in [4.69, 9.17) is 0 Å². The van der Waals surface area contributed by atoms with Crippen molar-refractivity contribution >= 4 is 53.4 Å². The first-order valence-corrected chi connectivity index (χ1v) is 19.0. The van der Waals surface area contributed by atoms with Gasteiger partial charge in [0, 0.05) is 31.0 Å². The van der Waals surface area contributed by atoms with Crippen LogP contribution in [0.4, 0.5) is 0 Å². The van der Waals surface area contributed by atoms with E-state index in [2.05, 4.69) is 167 Å². The number of hydrogen-bond donors (Lipinski definition) is 0. The molecule has 1 aromatic heterocycles. The van der Waals surface area contributed by atoms with E-state index in [1.54, 1.807) is 6.08 Å². The van der Waals surface area contributed by atoms with Crippen LogP contribution in [0.25, 0.3) is 64.3 Å². The molecular weight excluding hydrogens is 645 g/mol. The van der Waals surface area contributed by atoms with Gasteiger partial charge in [0.1, 0.15) is 0 Å². The molecule has 6 aromatic carbocycles. The zero-order chi connectivity index (χ0) is 35.4. The second kappa shape index (κ2) is 12.8. The maximum atomic E-state index is 4.44. The average Bonchev–Trinajstić information content (AvgIpc) is 3.68.